The molecular weight excluding hydrogens is 389 g/mol. The minimum absolute atomic E-state index is 0.0417. The number of hydrogen-bond donors (Lipinski definition) is 2. The number of nitrogens with zero attached hydrogens (tertiary/aromatic N) is 1. The standard InChI is InChI=1S/C20H13F3N2O4/c21-20(22,23)13-5-7-14(8-6-13)25-17(26)16-2-1-11-24-18(16)29-15-9-3-12(4-10-15)19(27)28/h1-11H,(H,25,26)(H,27,28). The number of alkyl halides is 3. The lowest BCUT2D eigenvalue weighted by atomic mass is 10.2. The van der Waals surface area contributed by atoms with Gasteiger partial charge in [0.25, 0.3) is 5.91 Å². The highest BCUT2D eigenvalue weighted by Gasteiger charge is 2.30. The second-order valence-corrected chi connectivity index (χ2v) is 5.82. The highest BCUT2D eigenvalue weighted by atomic mass is 19.4. The molecular formula is C20H13F3N2O4. The zero-order chi connectivity index (χ0) is 21.0. The van der Waals surface area contributed by atoms with Crippen molar-refractivity contribution in [2.75, 3.05) is 5.32 Å². The summed E-state index contributed by atoms with van der Waals surface area (Å²) >= 11 is 0. The SMILES string of the molecule is O=C(O)c1ccc(Oc2ncccc2C(=O)Nc2ccc(C(F)(F)F)cc2)cc1. The maximum atomic E-state index is 12.6. The third-order valence-electron chi connectivity index (χ3n) is 3.80. The van der Waals surface area contributed by atoms with Crippen molar-refractivity contribution >= 4 is 17.6 Å². The first-order valence-electron chi connectivity index (χ1n) is 8.19. The molecule has 0 aliphatic rings. The predicted octanol–water partition coefficient (Wildman–Crippen LogP) is 4.84. The van der Waals surface area contributed by atoms with E-state index in [0.29, 0.717) is 0 Å². The third kappa shape index (κ3) is 4.89. The summed E-state index contributed by atoms with van der Waals surface area (Å²) in [6.45, 7) is 0. The largest absolute Gasteiger partial charge is 0.478 e. The number of nitrogens with one attached hydrogen (secondary N) is 1. The highest BCUT2D eigenvalue weighted by Crippen LogP contribution is 2.30. The summed E-state index contributed by atoms with van der Waals surface area (Å²) in [5.74, 6) is -1.50. The maximum Gasteiger partial charge on any atom is 0.416 e. The molecule has 0 aliphatic carbocycles. The van der Waals surface area contributed by atoms with Gasteiger partial charge in [-0.15, -0.1) is 0 Å². The molecule has 29 heavy (non-hydrogen) atoms. The minimum atomic E-state index is -4.47. The Bertz CT molecular complexity index is 1030. The molecule has 3 aromatic rings. The molecule has 6 nitrogen and oxygen atoms in total. The number of halogens is 3. The average Bonchev–Trinajstić information content (AvgIpc) is 2.68. The van der Waals surface area contributed by atoms with Crippen LogP contribution in [0.4, 0.5) is 18.9 Å². The molecule has 0 atom stereocenters. The molecule has 2 aromatic carbocycles. The third-order valence-corrected chi connectivity index (χ3v) is 3.80. The molecule has 0 spiro atoms. The number of hydrogen-bond acceptors (Lipinski definition) is 4. The summed E-state index contributed by atoms with van der Waals surface area (Å²) in [5.41, 5.74) is -0.539. The van der Waals surface area contributed by atoms with Gasteiger partial charge in [-0.05, 0) is 60.7 Å². The monoisotopic (exact) mass is 402 g/mol. The average molecular weight is 402 g/mol. The van der Waals surface area contributed by atoms with Crippen molar-refractivity contribution in [1.82, 2.24) is 4.98 Å². The van der Waals surface area contributed by atoms with E-state index in [-0.39, 0.29) is 28.4 Å². The van der Waals surface area contributed by atoms with Gasteiger partial charge in [0, 0.05) is 11.9 Å². The first kappa shape index (κ1) is 19.9. The van der Waals surface area contributed by atoms with Crippen LogP contribution in [0.3, 0.4) is 0 Å². The minimum Gasteiger partial charge on any atom is -0.478 e. The van der Waals surface area contributed by atoms with Crippen LogP contribution >= 0.6 is 0 Å². The molecule has 0 radical (unpaired) electrons. The number of ether oxygens (including phenoxy) is 1. The smallest absolute Gasteiger partial charge is 0.416 e. The van der Waals surface area contributed by atoms with Crippen LogP contribution in [0, 0.1) is 0 Å². The van der Waals surface area contributed by atoms with Crippen LogP contribution < -0.4 is 10.1 Å². The van der Waals surface area contributed by atoms with Crippen LogP contribution in [0.1, 0.15) is 26.3 Å². The first-order valence-corrected chi connectivity index (χ1v) is 8.19. The number of anilines is 1. The van der Waals surface area contributed by atoms with Crippen molar-refractivity contribution in [3.05, 3.63) is 83.6 Å². The van der Waals surface area contributed by atoms with Crippen molar-refractivity contribution in [2.45, 2.75) is 6.18 Å². The maximum absolute atomic E-state index is 12.6. The summed E-state index contributed by atoms with van der Waals surface area (Å²) in [6.07, 6.45) is -3.07. The number of carboxylic acids is 1. The molecule has 0 fully saturated rings. The van der Waals surface area contributed by atoms with Crippen LogP contribution in [0.15, 0.2) is 66.9 Å². The van der Waals surface area contributed by atoms with Crippen LogP contribution in [0.5, 0.6) is 11.6 Å². The van der Waals surface area contributed by atoms with E-state index in [0.717, 1.165) is 24.3 Å². The molecule has 1 heterocycles. The number of amides is 1. The van der Waals surface area contributed by atoms with Crippen LogP contribution in [-0.2, 0) is 6.18 Å². The first-order chi connectivity index (χ1) is 13.7. The molecule has 0 saturated heterocycles. The Morgan fingerprint density at radius 1 is 0.966 bits per heavy atom. The van der Waals surface area contributed by atoms with Crippen molar-refractivity contribution < 1.29 is 32.6 Å². The van der Waals surface area contributed by atoms with Gasteiger partial charge in [-0.1, -0.05) is 0 Å². The molecule has 9 heteroatoms. The van der Waals surface area contributed by atoms with E-state index in [9.17, 15) is 22.8 Å². The lowest BCUT2D eigenvalue weighted by Crippen LogP contribution is -2.14. The van der Waals surface area contributed by atoms with Crippen LogP contribution in [0.2, 0.25) is 0 Å². The molecule has 1 aromatic heterocycles. The fourth-order valence-corrected chi connectivity index (χ4v) is 2.36. The highest BCUT2D eigenvalue weighted by molar-refractivity contribution is 6.05. The second-order valence-electron chi connectivity index (χ2n) is 5.82. The van der Waals surface area contributed by atoms with Crippen molar-refractivity contribution in [2.24, 2.45) is 0 Å². The van der Waals surface area contributed by atoms with Crippen LogP contribution in [-0.4, -0.2) is 22.0 Å². The molecule has 0 bridgehead atoms. The zero-order valence-corrected chi connectivity index (χ0v) is 14.6. The number of pyridine rings is 1. The van der Waals surface area contributed by atoms with Crippen molar-refractivity contribution in [3.63, 3.8) is 0 Å². The lowest BCUT2D eigenvalue weighted by Gasteiger charge is -2.11. The number of carbonyl (C=O) groups is 2. The molecule has 0 unspecified atom stereocenters. The number of benzene rings is 2. The molecule has 2 N–H and O–H groups in total. The van der Waals surface area contributed by atoms with Crippen LogP contribution in [0.25, 0.3) is 0 Å². The van der Waals surface area contributed by atoms with Gasteiger partial charge in [0.1, 0.15) is 11.3 Å². The Morgan fingerprint density at radius 3 is 2.21 bits per heavy atom. The Kier molecular flexibility index (Phi) is 5.49. The Morgan fingerprint density at radius 2 is 1.62 bits per heavy atom. The number of carboxylic acid groups (broad SMARTS) is 1. The van der Waals surface area contributed by atoms with E-state index in [1.807, 2.05) is 0 Å². The number of carbonyl (C=O) groups excluding carboxylic acids is 1. The summed E-state index contributed by atoms with van der Waals surface area (Å²) in [7, 11) is 0. The molecule has 0 aliphatic heterocycles. The number of aromatic nitrogens is 1. The zero-order valence-electron chi connectivity index (χ0n) is 14.6. The Balaban J connectivity index is 1.77. The number of aromatic carboxylic acids is 1. The van der Waals surface area contributed by atoms with Crippen molar-refractivity contribution in [3.8, 4) is 11.6 Å². The second kappa shape index (κ2) is 8.01. The van der Waals surface area contributed by atoms with Gasteiger partial charge in [0.05, 0.1) is 11.1 Å². The lowest BCUT2D eigenvalue weighted by molar-refractivity contribution is -0.137. The summed E-state index contributed by atoms with van der Waals surface area (Å²) < 4.78 is 43.4. The van der Waals surface area contributed by atoms with Gasteiger partial charge < -0.3 is 15.2 Å². The van der Waals surface area contributed by atoms with Gasteiger partial charge in [0.15, 0.2) is 0 Å². The normalized spacial score (nSPS) is 11.0. The number of rotatable bonds is 5. The Labute approximate surface area is 162 Å². The summed E-state index contributed by atoms with van der Waals surface area (Å²) in [6, 6.07) is 12.4. The van der Waals surface area contributed by atoms with Crippen molar-refractivity contribution in [1.29, 1.82) is 0 Å². The quantitative estimate of drug-likeness (QED) is 0.637. The van der Waals surface area contributed by atoms with E-state index in [4.69, 9.17) is 9.84 Å². The van der Waals surface area contributed by atoms with Gasteiger partial charge in [0.2, 0.25) is 5.88 Å². The Hall–Kier alpha value is -3.88. The van der Waals surface area contributed by atoms with E-state index < -0.39 is 23.6 Å². The molecule has 3 rings (SSSR count). The van der Waals surface area contributed by atoms with Gasteiger partial charge in [-0.3, -0.25) is 4.79 Å². The molecule has 148 valence electrons. The predicted molar refractivity (Wildman–Crippen MR) is 97.1 cm³/mol. The summed E-state index contributed by atoms with van der Waals surface area (Å²) in [4.78, 5) is 27.4. The van der Waals surface area contributed by atoms with E-state index in [1.54, 1.807) is 0 Å². The fraction of sp³-hybridized carbons (Fsp3) is 0.0500. The topological polar surface area (TPSA) is 88.5 Å². The van der Waals surface area contributed by atoms with Gasteiger partial charge >= 0.3 is 12.1 Å². The van der Waals surface area contributed by atoms with E-state index in [1.165, 1.54) is 42.6 Å². The molecule has 1 amide bonds. The fourth-order valence-electron chi connectivity index (χ4n) is 2.36. The molecule has 0 saturated carbocycles. The van der Waals surface area contributed by atoms with Gasteiger partial charge in [-0.25, -0.2) is 9.78 Å². The van der Waals surface area contributed by atoms with E-state index in [2.05, 4.69) is 10.3 Å². The van der Waals surface area contributed by atoms with Gasteiger partial charge in [-0.2, -0.15) is 13.2 Å². The summed E-state index contributed by atoms with van der Waals surface area (Å²) in [5, 5.41) is 11.4. The van der Waals surface area contributed by atoms with E-state index >= 15 is 0 Å².